The molecule has 0 aromatic heterocycles. The van der Waals surface area contributed by atoms with E-state index < -0.39 is 0 Å². The monoisotopic (exact) mass is 126 g/mol. The number of nitrogens with two attached hydrogens (primary N) is 1. The molecule has 1 aliphatic rings. The fourth-order valence-electron chi connectivity index (χ4n) is 0.670. The van der Waals surface area contributed by atoms with Gasteiger partial charge in [0.25, 0.3) is 0 Å². The summed E-state index contributed by atoms with van der Waals surface area (Å²) in [6.07, 6.45) is 5.59. The third kappa shape index (κ3) is 1.47. The Morgan fingerprint density at radius 3 is 3.00 bits per heavy atom. The van der Waals surface area contributed by atoms with E-state index in [2.05, 4.69) is 0 Å². The topological polar surface area (TPSA) is 38.5 Å². The minimum absolute atomic E-state index is 0.757. The minimum atomic E-state index is 0.757. The second kappa shape index (κ2) is 2.55. The predicted octanol–water partition coefficient (Wildman–Crippen LogP) is 0.220. The summed E-state index contributed by atoms with van der Waals surface area (Å²) in [5, 5.41) is 1.57. The third-order valence-corrected chi connectivity index (χ3v) is 1.13. The van der Waals surface area contributed by atoms with Gasteiger partial charge >= 0.3 is 0 Å². The van der Waals surface area contributed by atoms with E-state index in [1.807, 2.05) is 12.2 Å². The van der Waals surface area contributed by atoms with E-state index in [0.717, 1.165) is 12.3 Å². The number of hydrogen-bond acceptors (Lipinski definition) is 3. The number of nitrogens with zero attached hydrogens (tertiary/aromatic N) is 1. The zero-order chi connectivity index (χ0) is 6.69. The Balaban J connectivity index is 2.59. The first kappa shape index (κ1) is 6.16. The van der Waals surface area contributed by atoms with Crippen LogP contribution in [-0.2, 0) is 4.74 Å². The van der Waals surface area contributed by atoms with Crippen LogP contribution in [-0.4, -0.2) is 18.7 Å². The normalized spacial score (nSPS) is 17.6. The Hall–Kier alpha value is -0.960. The number of hydrazine groups is 1. The number of hydrogen-bond donors (Lipinski definition) is 1. The highest BCUT2D eigenvalue weighted by Gasteiger charge is 1.98. The standard InChI is InChI=1S/C6H10N2O/c1-9-6-3-2-4-8(7)5-6/h2-3,5H,4,7H2,1H3. The van der Waals surface area contributed by atoms with Crippen molar-refractivity contribution in [1.82, 2.24) is 5.01 Å². The second-order valence-corrected chi connectivity index (χ2v) is 1.83. The summed E-state index contributed by atoms with van der Waals surface area (Å²) in [6.45, 7) is 0.757. The van der Waals surface area contributed by atoms with Crippen molar-refractivity contribution < 1.29 is 4.74 Å². The molecule has 0 amide bonds. The molecule has 0 saturated heterocycles. The van der Waals surface area contributed by atoms with E-state index in [4.69, 9.17) is 10.6 Å². The van der Waals surface area contributed by atoms with Gasteiger partial charge in [0.05, 0.1) is 19.9 Å². The lowest BCUT2D eigenvalue weighted by atomic mass is 10.3. The first-order chi connectivity index (χ1) is 4.33. The predicted molar refractivity (Wildman–Crippen MR) is 35.1 cm³/mol. The van der Waals surface area contributed by atoms with Crippen LogP contribution in [0.2, 0.25) is 0 Å². The maximum atomic E-state index is 5.43. The highest BCUT2D eigenvalue weighted by molar-refractivity contribution is 5.15. The van der Waals surface area contributed by atoms with Gasteiger partial charge in [0.2, 0.25) is 0 Å². The molecule has 0 aromatic carbocycles. The van der Waals surface area contributed by atoms with Crippen molar-refractivity contribution in [3.05, 3.63) is 24.1 Å². The van der Waals surface area contributed by atoms with Gasteiger partial charge in [-0.3, -0.25) is 0 Å². The van der Waals surface area contributed by atoms with Crippen LogP contribution >= 0.6 is 0 Å². The largest absolute Gasteiger partial charge is 0.495 e. The molecule has 1 heterocycles. The van der Waals surface area contributed by atoms with Crippen molar-refractivity contribution >= 4 is 0 Å². The molecule has 1 rings (SSSR count). The molecule has 0 fully saturated rings. The second-order valence-electron chi connectivity index (χ2n) is 1.83. The maximum Gasteiger partial charge on any atom is 0.135 e. The van der Waals surface area contributed by atoms with Crippen LogP contribution in [0.5, 0.6) is 0 Å². The molecule has 0 spiro atoms. The van der Waals surface area contributed by atoms with Gasteiger partial charge in [-0.15, -0.1) is 0 Å². The summed E-state index contributed by atoms with van der Waals surface area (Å²) in [6, 6.07) is 0. The Kier molecular flexibility index (Phi) is 1.75. The van der Waals surface area contributed by atoms with Gasteiger partial charge in [0, 0.05) is 0 Å². The van der Waals surface area contributed by atoms with Gasteiger partial charge in [-0.25, -0.2) is 5.84 Å². The van der Waals surface area contributed by atoms with Crippen molar-refractivity contribution in [2.45, 2.75) is 0 Å². The SMILES string of the molecule is COC1=CN(N)CC=C1. The average Bonchev–Trinajstić information content (AvgIpc) is 1.88. The van der Waals surface area contributed by atoms with Crippen LogP contribution in [0.25, 0.3) is 0 Å². The molecular formula is C6H10N2O. The lowest BCUT2D eigenvalue weighted by Gasteiger charge is -2.15. The molecule has 2 N–H and O–H groups in total. The molecule has 3 nitrogen and oxygen atoms in total. The summed E-state index contributed by atoms with van der Waals surface area (Å²) in [4.78, 5) is 0. The minimum Gasteiger partial charge on any atom is -0.495 e. The molecule has 0 bridgehead atoms. The smallest absolute Gasteiger partial charge is 0.135 e. The third-order valence-electron chi connectivity index (χ3n) is 1.13. The zero-order valence-electron chi connectivity index (χ0n) is 5.37. The number of ether oxygens (including phenoxy) is 1. The van der Waals surface area contributed by atoms with Crippen molar-refractivity contribution in [3.63, 3.8) is 0 Å². The van der Waals surface area contributed by atoms with Crippen molar-refractivity contribution in [1.29, 1.82) is 0 Å². The summed E-state index contributed by atoms with van der Waals surface area (Å²) in [7, 11) is 1.62. The van der Waals surface area contributed by atoms with Gasteiger partial charge in [-0.1, -0.05) is 6.08 Å². The zero-order valence-corrected chi connectivity index (χ0v) is 5.37. The van der Waals surface area contributed by atoms with Gasteiger partial charge in [0.15, 0.2) is 0 Å². The van der Waals surface area contributed by atoms with Crippen LogP contribution in [0.4, 0.5) is 0 Å². The van der Waals surface area contributed by atoms with Crippen LogP contribution in [0.3, 0.4) is 0 Å². The van der Waals surface area contributed by atoms with E-state index in [9.17, 15) is 0 Å². The fourth-order valence-corrected chi connectivity index (χ4v) is 0.670. The number of methoxy groups -OCH3 is 1. The van der Waals surface area contributed by atoms with Gasteiger partial charge in [-0.05, 0) is 6.08 Å². The van der Waals surface area contributed by atoms with Crippen LogP contribution in [0.15, 0.2) is 24.1 Å². The molecule has 0 aliphatic carbocycles. The van der Waals surface area contributed by atoms with E-state index in [1.54, 1.807) is 18.3 Å². The van der Waals surface area contributed by atoms with E-state index in [1.165, 1.54) is 0 Å². The summed E-state index contributed by atoms with van der Waals surface area (Å²) in [5.41, 5.74) is 0. The van der Waals surface area contributed by atoms with Crippen molar-refractivity contribution in [3.8, 4) is 0 Å². The molecular weight excluding hydrogens is 116 g/mol. The molecule has 0 saturated carbocycles. The Morgan fingerprint density at radius 2 is 2.56 bits per heavy atom. The van der Waals surface area contributed by atoms with Gasteiger partial charge < -0.3 is 9.75 Å². The van der Waals surface area contributed by atoms with Crippen LogP contribution in [0.1, 0.15) is 0 Å². The molecule has 0 unspecified atom stereocenters. The van der Waals surface area contributed by atoms with E-state index in [0.29, 0.717) is 0 Å². The fraction of sp³-hybridized carbons (Fsp3) is 0.333. The lowest BCUT2D eigenvalue weighted by molar-refractivity contribution is 0.283. The number of allylic oxidation sites excluding steroid dienone is 1. The van der Waals surface area contributed by atoms with Gasteiger partial charge in [-0.2, -0.15) is 0 Å². The lowest BCUT2D eigenvalue weighted by Crippen LogP contribution is -2.27. The van der Waals surface area contributed by atoms with Crippen LogP contribution < -0.4 is 5.84 Å². The first-order valence-electron chi connectivity index (χ1n) is 2.76. The highest BCUT2D eigenvalue weighted by Crippen LogP contribution is 2.03. The highest BCUT2D eigenvalue weighted by atomic mass is 16.5. The maximum absolute atomic E-state index is 5.43. The Labute approximate surface area is 54.4 Å². The van der Waals surface area contributed by atoms with E-state index in [-0.39, 0.29) is 0 Å². The molecule has 0 atom stereocenters. The van der Waals surface area contributed by atoms with E-state index >= 15 is 0 Å². The molecule has 9 heavy (non-hydrogen) atoms. The molecule has 0 aromatic rings. The summed E-state index contributed by atoms with van der Waals surface area (Å²) >= 11 is 0. The Bertz CT molecular complexity index is 151. The van der Waals surface area contributed by atoms with Crippen molar-refractivity contribution in [2.75, 3.05) is 13.7 Å². The van der Waals surface area contributed by atoms with Crippen LogP contribution in [0, 0.1) is 0 Å². The molecule has 3 heteroatoms. The first-order valence-corrected chi connectivity index (χ1v) is 2.76. The van der Waals surface area contributed by atoms with Gasteiger partial charge in [0.1, 0.15) is 5.76 Å². The average molecular weight is 126 g/mol. The quantitative estimate of drug-likeness (QED) is 0.511. The Morgan fingerprint density at radius 1 is 1.78 bits per heavy atom. The van der Waals surface area contributed by atoms with Crippen molar-refractivity contribution in [2.24, 2.45) is 5.84 Å². The molecule has 1 aliphatic heterocycles. The summed E-state index contributed by atoms with van der Waals surface area (Å²) < 4.78 is 4.91. The molecule has 0 radical (unpaired) electrons. The molecule has 50 valence electrons. The number of rotatable bonds is 1. The summed E-state index contributed by atoms with van der Waals surface area (Å²) in [5.74, 6) is 6.22.